The van der Waals surface area contributed by atoms with Crippen molar-refractivity contribution in [2.75, 3.05) is 21.7 Å². The van der Waals surface area contributed by atoms with E-state index < -0.39 is 0 Å². The van der Waals surface area contributed by atoms with Crippen molar-refractivity contribution in [3.63, 3.8) is 0 Å². The van der Waals surface area contributed by atoms with Crippen molar-refractivity contribution in [1.29, 1.82) is 0 Å². The molecule has 0 radical (unpaired) electrons. The van der Waals surface area contributed by atoms with E-state index >= 15 is 0 Å². The summed E-state index contributed by atoms with van der Waals surface area (Å²) in [5.41, 5.74) is 4.46. The summed E-state index contributed by atoms with van der Waals surface area (Å²) in [7, 11) is 0. The number of anilines is 3. The summed E-state index contributed by atoms with van der Waals surface area (Å²) in [6.07, 6.45) is 0. The summed E-state index contributed by atoms with van der Waals surface area (Å²) in [6.45, 7) is 4.01. The first-order valence-corrected chi connectivity index (χ1v) is 10.2. The highest BCUT2D eigenvalue weighted by molar-refractivity contribution is 8.00. The fraction of sp³-hybridized carbons (Fsp3) is 0.130. The number of urea groups is 1. The third-order valence-corrected chi connectivity index (χ3v) is 5.03. The van der Waals surface area contributed by atoms with E-state index in [2.05, 4.69) is 22.0 Å². The largest absolute Gasteiger partial charge is 0.325 e. The lowest BCUT2D eigenvalue weighted by atomic mass is 10.1. The van der Waals surface area contributed by atoms with Gasteiger partial charge in [0.05, 0.1) is 5.75 Å². The number of amides is 3. The zero-order valence-electron chi connectivity index (χ0n) is 16.4. The van der Waals surface area contributed by atoms with Crippen molar-refractivity contribution >= 4 is 40.8 Å². The molecule has 0 unspecified atom stereocenters. The molecule has 0 saturated heterocycles. The topological polar surface area (TPSA) is 70.2 Å². The molecule has 0 atom stereocenters. The maximum atomic E-state index is 12.2. The van der Waals surface area contributed by atoms with Gasteiger partial charge in [-0.15, -0.1) is 11.8 Å². The Morgan fingerprint density at radius 2 is 1.31 bits per heavy atom. The van der Waals surface area contributed by atoms with Crippen molar-refractivity contribution in [3.8, 4) is 0 Å². The van der Waals surface area contributed by atoms with Crippen LogP contribution in [0.25, 0.3) is 0 Å². The van der Waals surface area contributed by atoms with Crippen molar-refractivity contribution in [2.24, 2.45) is 0 Å². The summed E-state index contributed by atoms with van der Waals surface area (Å²) >= 11 is 1.45. The fourth-order valence-corrected chi connectivity index (χ4v) is 3.54. The van der Waals surface area contributed by atoms with Gasteiger partial charge in [-0.2, -0.15) is 0 Å². The van der Waals surface area contributed by atoms with Crippen LogP contribution in [0.5, 0.6) is 0 Å². The molecule has 3 aromatic carbocycles. The van der Waals surface area contributed by atoms with Crippen molar-refractivity contribution in [2.45, 2.75) is 18.7 Å². The van der Waals surface area contributed by atoms with E-state index in [-0.39, 0.29) is 11.9 Å². The molecule has 3 rings (SSSR count). The number of carbonyl (C=O) groups is 2. The highest BCUT2D eigenvalue weighted by Gasteiger charge is 2.06. The molecule has 29 heavy (non-hydrogen) atoms. The maximum Gasteiger partial charge on any atom is 0.323 e. The molecule has 0 heterocycles. The monoisotopic (exact) mass is 405 g/mol. The van der Waals surface area contributed by atoms with Crippen molar-refractivity contribution < 1.29 is 9.59 Å². The van der Waals surface area contributed by atoms with Gasteiger partial charge in [-0.25, -0.2) is 4.79 Å². The number of benzene rings is 3. The van der Waals surface area contributed by atoms with Crippen LogP contribution >= 0.6 is 11.8 Å². The molecular formula is C23H23N3O2S. The first kappa shape index (κ1) is 20.5. The Kier molecular flexibility index (Phi) is 6.92. The molecule has 0 spiro atoms. The van der Waals surface area contributed by atoms with Crippen molar-refractivity contribution in [1.82, 2.24) is 0 Å². The summed E-state index contributed by atoms with van der Waals surface area (Å²) in [4.78, 5) is 25.2. The van der Waals surface area contributed by atoms with Crippen LogP contribution in [0.1, 0.15) is 11.1 Å². The number of hydrogen-bond acceptors (Lipinski definition) is 3. The van der Waals surface area contributed by atoms with Gasteiger partial charge in [0, 0.05) is 22.0 Å². The van der Waals surface area contributed by atoms with E-state index in [1.54, 1.807) is 0 Å². The van der Waals surface area contributed by atoms with Crippen LogP contribution in [0.2, 0.25) is 0 Å². The van der Waals surface area contributed by atoms with Gasteiger partial charge < -0.3 is 16.0 Å². The molecule has 3 N–H and O–H groups in total. The van der Waals surface area contributed by atoms with E-state index in [0.717, 1.165) is 27.4 Å². The molecule has 0 aliphatic carbocycles. The number of nitrogens with one attached hydrogen (secondary N) is 3. The third kappa shape index (κ3) is 6.69. The van der Waals surface area contributed by atoms with Crippen molar-refractivity contribution in [3.05, 3.63) is 83.9 Å². The molecule has 0 saturated carbocycles. The number of carbonyl (C=O) groups excluding carboxylic acids is 2. The second-order valence-corrected chi connectivity index (χ2v) is 7.73. The lowest BCUT2D eigenvalue weighted by Crippen LogP contribution is -2.19. The van der Waals surface area contributed by atoms with Crippen LogP contribution in [-0.2, 0) is 4.79 Å². The Hall–Kier alpha value is -3.25. The van der Waals surface area contributed by atoms with E-state index in [1.807, 2.05) is 80.6 Å². The van der Waals surface area contributed by atoms with E-state index in [4.69, 9.17) is 0 Å². The van der Waals surface area contributed by atoms with Crippen LogP contribution in [-0.4, -0.2) is 17.7 Å². The number of para-hydroxylation sites is 1. The maximum absolute atomic E-state index is 12.2. The normalized spacial score (nSPS) is 10.3. The Bertz CT molecular complexity index is 969. The zero-order valence-corrected chi connectivity index (χ0v) is 17.2. The number of thioether (sulfide) groups is 1. The van der Waals surface area contributed by atoms with Gasteiger partial charge in [-0.1, -0.05) is 24.3 Å². The number of rotatable bonds is 6. The van der Waals surface area contributed by atoms with Gasteiger partial charge in [0.15, 0.2) is 0 Å². The average Bonchev–Trinajstić information content (AvgIpc) is 2.67. The summed E-state index contributed by atoms with van der Waals surface area (Å²) < 4.78 is 0. The molecule has 3 amide bonds. The third-order valence-electron chi connectivity index (χ3n) is 4.02. The van der Waals surface area contributed by atoms with Crippen LogP contribution in [0.15, 0.2) is 77.7 Å². The highest BCUT2D eigenvalue weighted by atomic mass is 32.2. The smallest absolute Gasteiger partial charge is 0.323 e. The second kappa shape index (κ2) is 9.80. The zero-order chi connectivity index (χ0) is 20.6. The van der Waals surface area contributed by atoms with E-state index in [0.29, 0.717) is 11.4 Å². The Morgan fingerprint density at radius 3 is 1.93 bits per heavy atom. The minimum absolute atomic E-state index is 0.0514. The second-order valence-electron chi connectivity index (χ2n) is 6.68. The predicted octanol–water partition coefficient (Wildman–Crippen LogP) is 5.68. The summed E-state index contributed by atoms with van der Waals surface area (Å²) in [5.74, 6) is 0.262. The first-order valence-electron chi connectivity index (χ1n) is 9.22. The molecule has 0 bridgehead atoms. The van der Waals surface area contributed by atoms with E-state index in [1.165, 1.54) is 11.8 Å². The molecule has 0 fully saturated rings. The molecule has 0 aliphatic heterocycles. The minimum atomic E-state index is -0.301. The lowest BCUT2D eigenvalue weighted by Gasteiger charge is -2.09. The number of aryl methyl sites for hydroxylation is 2. The first-order chi connectivity index (χ1) is 14.0. The fourth-order valence-electron chi connectivity index (χ4n) is 2.84. The number of hydrogen-bond donors (Lipinski definition) is 3. The van der Waals surface area contributed by atoms with Crippen LogP contribution in [0.4, 0.5) is 21.9 Å². The van der Waals surface area contributed by atoms with E-state index in [9.17, 15) is 9.59 Å². The molecule has 0 aromatic heterocycles. The summed E-state index contributed by atoms with van der Waals surface area (Å²) in [5, 5.41) is 8.48. The molecule has 0 aliphatic rings. The Morgan fingerprint density at radius 1 is 0.724 bits per heavy atom. The van der Waals surface area contributed by atoms with Gasteiger partial charge in [0.1, 0.15) is 0 Å². The molecule has 6 heteroatoms. The van der Waals surface area contributed by atoms with Gasteiger partial charge in [-0.3, -0.25) is 4.79 Å². The van der Waals surface area contributed by atoms with Crippen LogP contribution < -0.4 is 16.0 Å². The Balaban J connectivity index is 1.47. The standard InChI is InChI=1S/C23H23N3O2S/c1-16-12-17(2)14-20(13-16)24-22(27)15-29-21-10-8-19(9-11-21)26-23(28)25-18-6-4-3-5-7-18/h3-14H,15H2,1-2H3,(H,24,27)(H2,25,26,28). The molecular weight excluding hydrogens is 382 g/mol. The summed E-state index contributed by atoms with van der Waals surface area (Å²) in [6, 6.07) is 22.3. The van der Waals surface area contributed by atoms with Gasteiger partial charge >= 0.3 is 6.03 Å². The molecule has 5 nitrogen and oxygen atoms in total. The highest BCUT2D eigenvalue weighted by Crippen LogP contribution is 2.21. The van der Waals surface area contributed by atoms with Gasteiger partial charge in [-0.05, 0) is 73.5 Å². The Labute approximate surface area is 174 Å². The van der Waals surface area contributed by atoms with Gasteiger partial charge in [0.2, 0.25) is 5.91 Å². The predicted molar refractivity (Wildman–Crippen MR) is 121 cm³/mol. The van der Waals surface area contributed by atoms with Crippen LogP contribution in [0.3, 0.4) is 0 Å². The average molecular weight is 406 g/mol. The van der Waals surface area contributed by atoms with Crippen LogP contribution in [0, 0.1) is 13.8 Å². The SMILES string of the molecule is Cc1cc(C)cc(NC(=O)CSc2ccc(NC(=O)Nc3ccccc3)cc2)c1. The lowest BCUT2D eigenvalue weighted by molar-refractivity contribution is -0.113. The molecule has 3 aromatic rings. The minimum Gasteiger partial charge on any atom is -0.325 e. The quantitative estimate of drug-likeness (QED) is 0.462. The molecule has 148 valence electrons. The van der Waals surface area contributed by atoms with Gasteiger partial charge in [0.25, 0.3) is 0 Å².